The number of aromatic hydroxyl groups is 1. The lowest BCUT2D eigenvalue weighted by Gasteiger charge is -2.03. The molecular weight excluding hydrogens is 260 g/mol. The minimum Gasteiger partial charge on any atom is -0.507 e. The molecule has 1 heterocycles. The van der Waals surface area contributed by atoms with Crippen molar-refractivity contribution in [2.45, 2.75) is 6.92 Å². The van der Waals surface area contributed by atoms with E-state index in [-0.39, 0.29) is 23.7 Å². The summed E-state index contributed by atoms with van der Waals surface area (Å²) in [6.45, 7) is 1.81. The van der Waals surface area contributed by atoms with E-state index in [1.54, 1.807) is 6.07 Å². The maximum absolute atomic E-state index is 9.88. The van der Waals surface area contributed by atoms with Crippen LogP contribution in [0.4, 0.5) is 5.95 Å². The van der Waals surface area contributed by atoms with Gasteiger partial charge in [0, 0.05) is 11.8 Å². The van der Waals surface area contributed by atoms with Crippen LogP contribution < -0.4 is 9.47 Å². The van der Waals surface area contributed by atoms with Gasteiger partial charge in [-0.05, 0) is 18.6 Å². The average molecular weight is 274 g/mol. The molecule has 1 aromatic carbocycles. The van der Waals surface area contributed by atoms with E-state index in [0.717, 1.165) is 5.56 Å². The second-order valence-corrected chi connectivity index (χ2v) is 3.88. The van der Waals surface area contributed by atoms with E-state index in [9.17, 15) is 5.11 Å². The van der Waals surface area contributed by atoms with Crippen LogP contribution >= 0.6 is 0 Å². The third-order valence-corrected chi connectivity index (χ3v) is 2.54. The first-order chi connectivity index (χ1) is 9.63. The zero-order chi connectivity index (χ0) is 14.5. The Kier molecular flexibility index (Phi) is 4.09. The number of ether oxygens (including phenoxy) is 2. The van der Waals surface area contributed by atoms with Crippen LogP contribution in [0, 0.1) is 6.92 Å². The van der Waals surface area contributed by atoms with Gasteiger partial charge in [0.2, 0.25) is 0 Å². The molecule has 0 aliphatic carbocycles. The molecular formula is C13H14N4O3. The summed E-state index contributed by atoms with van der Waals surface area (Å²) in [5.41, 5.74) is 1.34. The van der Waals surface area contributed by atoms with Gasteiger partial charge in [-0.1, -0.05) is 12.1 Å². The predicted molar refractivity (Wildman–Crippen MR) is 73.0 cm³/mol. The van der Waals surface area contributed by atoms with Gasteiger partial charge in [0.15, 0.2) is 0 Å². The Labute approximate surface area is 116 Å². The number of para-hydroxylation sites is 1. The summed E-state index contributed by atoms with van der Waals surface area (Å²) in [6.07, 6.45) is 1.47. The molecule has 0 spiro atoms. The minimum absolute atomic E-state index is 0.109. The van der Waals surface area contributed by atoms with Crippen molar-refractivity contribution in [3.8, 4) is 17.8 Å². The first-order valence-electron chi connectivity index (χ1n) is 5.80. The van der Waals surface area contributed by atoms with Crippen molar-refractivity contribution in [2.24, 2.45) is 4.99 Å². The molecule has 2 aromatic rings. The summed E-state index contributed by atoms with van der Waals surface area (Å²) < 4.78 is 9.85. The molecule has 7 nitrogen and oxygen atoms in total. The van der Waals surface area contributed by atoms with Gasteiger partial charge in [-0.25, -0.2) is 4.99 Å². The largest absolute Gasteiger partial charge is 0.507 e. The fourth-order valence-corrected chi connectivity index (χ4v) is 1.48. The predicted octanol–water partition coefficient (Wildman–Crippen LogP) is 1.65. The average Bonchev–Trinajstić information content (AvgIpc) is 2.48. The molecule has 0 unspecified atom stereocenters. The van der Waals surface area contributed by atoms with Gasteiger partial charge in [0.25, 0.3) is 5.95 Å². The molecule has 1 N–H and O–H groups in total. The number of hydrogen-bond donors (Lipinski definition) is 1. The van der Waals surface area contributed by atoms with Crippen molar-refractivity contribution in [3.05, 3.63) is 29.3 Å². The fourth-order valence-electron chi connectivity index (χ4n) is 1.48. The van der Waals surface area contributed by atoms with Crippen LogP contribution in [0.25, 0.3) is 0 Å². The summed E-state index contributed by atoms with van der Waals surface area (Å²) in [5.74, 6) is 0.304. The zero-order valence-corrected chi connectivity index (χ0v) is 11.4. The smallest absolute Gasteiger partial charge is 0.324 e. The van der Waals surface area contributed by atoms with E-state index in [2.05, 4.69) is 19.9 Å². The molecule has 0 aliphatic rings. The first-order valence-corrected chi connectivity index (χ1v) is 5.80. The number of phenolic OH excluding ortho intramolecular Hbond substituents is 1. The Morgan fingerprint density at radius 3 is 2.35 bits per heavy atom. The summed E-state index contributed by atoms with van der Waals surface area (Å²) >= 11 is 0. The second-order valence-electron chi connectivity index (χ2n) is 3.88. The van der Waals surface area contributed by atoms with Crippen LogP contribution in [0.15, 0.2) is 23.2 Å². The van der Waals surface area contributed by atoms with E-state index >= 15 is 0 Å². The summed E-state index contributed by atoms with van der Waals surface area (Å²) in [7, 11) is 2.88. The van der Waals surface area contributed by atoms with Crippen molar-refractivity contribution in [3.63, 3.8) is 0 Å². The van der Waals surface area contributed by atoms with Crippen LogP contribution in [0.1, 0.15) is 11.1 Å². The molecule has 1 aromatic heterocycles. The normalized spacial score (nSPS) is 10.8. The maximum Gasteiger partial charge on any atom is 0.324 e. The number of aryl methyl sites for hydroxylation is 1. The van der Waals surface area contributed by atoms with Crippen LogP contribution in [-0.2, 0) is 0 Å². The number of methoxy groups -OCH3 is 2. The Bertz CT molecular complexity index is 621. The van der Waals surface area contributed by atoms with Crippen LogP contribution in [0.3, 0.4) is 0 Å². The van der Waals surface area contributed by atoms with Crippen molar-refractivity contribution in [1.82, 2.24) is 15.0 Å². The van der Waals surface area contributed by atoms with Crippen LogP contribution in [0.5, 0.6) is 17.8 Å². The van der Waals surface area contributed by atoms with Gasteiger partial charge >= 0.3 is 12.0 Å². The van der Waals surface area contributed by atoms with Gasteiger partial charge in [-0.15, -0.1) is 4.98 Å². The summed E-state index contributed by atoms with van der Waals surface area (Å²) in [6, 6.07) is 5.59. The highest BCUT2D eigenvalue weighted by Crippen LogP contribution is 2.20. The Hall–Kier alpha value is -2.70. The quantitative estimate of drug-likeness (QED) is 0.853. The van der Waals surface area contributed by atoms with Crippen molar-refractivity contribution in [1.29, 1.82) is 0 Å². The van der Waals surface area contributed by atoms with Crippen molar-refractivity contribution >= 4 is 12.2 Å². The van der Waals surface area contributed by atoms with Crippen LogP contribution in [0.2, 0.25) is 0 Å². The van der Waals surface area contributed by atoms with Crippen molar-refractivity contribution in [2.75, 3.05) is 14.2 Å². The topological polar surface area (TPSA) is 89.7 Å². The standard InChI is InChI=1S/C13H14N4O3/c1-8-5-4-6-9(10(8)18)7-14-11-15-12(19-2)17-13(16-11)20-3/h4-7,18H,1-3H3/b14-7+. The van der Waals surface area contributed by atoms with E-state index in [1.807, 2.05) is 19.1 Å². The number of hydrogen-bond acceptors (Lipinski definition) is 7. The summed E-state index contributed by atoms with van der Waals surface area (Å²) in [4.78, 5) is 15.9. The second kappa shape index (κ2) is 5.96. The third kappa shape index (κ3) is 3.00. The van der Waals surface area contributed by atoms with Gasteiger partial charge in [0.1, 0.15) is 5.75 Å². The lowest BCUT2D eigenvalue weighted by molar-refractivity contribution is 0.341. The molecule has 0 atom stereocenters. The van der Waals surface area contributed by atoms with Gasteiger partial charge < -0.3 is 14.6 Å². The monoisotopic (exact) mass is 274 g/mol. The highest BCUT2D eigenvalue weighted by Gasteiger charge is 2.06. The SMILES string of the molecule is COc1nc(/N=C/c2cccc(C)c2O)nc(OC)n1. The number of aromatic nitrogens is 3. The molecule has 0 fully saturated rings. The number of benzene rings is 1. The molecule has 7 heteroatoms. The van der Waals surface area contributed by atoms with Crippen molar-refractivity contribution < 1.29 is 14.6 Å². The number of phenols is 1. The molecule has 0 radical (unpaired) electrons. The molecule has 2 rings (SSSR count). The number of nitrogens with zero attached hydrogens (tertiary/aromatic N) is 4. The highest BCUT2D eigenvalue weighted by atomic mass is 16.5. The fraction of sp³-hybridized carbons (Fsp3) is 0.231. The summed E-state index contributed by atoms with van der Waals surface area (Å²) in [5, 5.41) is 9.88. The molecule has 0 saturated carbocycles. The lowest BCUT2D eigenvalue weighted by Crippen LogP contribution is -1.98. The van der Waals surface area contributed by atoms with E-state index in [1.165, 1.54) is 20.4 Å². The zero-order valence-electron chi connectivity index (χ0n) is 11.4. The first kappa shape index (κ1) is 13.7. The molecule has 0 bridgehead atoms. The third-order valence-electron chi connectivity index (χ3n) is 2.54. The molecule has 104 valence electrons. The highest BCUT2D eigenvalue weighted by molar-refractivity contribution is 5.85. The van der Waals surface area contributed by atoms with Gasteiger partial charge in [0.05, 0.1) is 14.2 Å². The number of rotatable bonds is 4. The van der Waals surface area contributed by atoms with E-state index < -0.39 is 0 Å². The van der Waals surface area contributed by atoms with Gasteiger partial charge in [-0.3, -0.25) is 0 Å². The Balaban J connectivity index is 2.33. The Morgan fingerprint density at radius 1 is 1.10 bits per heavy atom. The molecule has 0 aliphatic heterocycles. The number of aliphatic imine (C=N–C) groups is 1. The lowest BCUT2D eigenvalue weighted by atomic mass is 10.1. The van der Waals surface area contributed by atoms with Crippen LogP contribution in [-0.4, -0.2) is 40.5 Å². The van der Waals surface area contributed by atoms with E-state index in [4.69, 9.17) is 9.47 Å². The minimum atomic E-state index is 0.109. The molecule has 0 saturated heterocycles. The van der Waals surface area contributed by atoms with E-state index in [0.29, 0.717) is 5.56 Å². The molecule has 20 heavy (non-hydrogen) atoms. The maximum atomic E-state index is 9.88. The molecule has 0 amide bonds. The Morgan fingerprint density at radius 2 is 1.75 bits per heavy atom. The van der Waals surface area contributed by atoms with Gasteiger partial charge in [-0.2, -0.15) is 9.97 Å².